The minimum atomic E-state index is -1.10. The molecule has 0 unspecified atom stereocenters. The smallest absolute Gasteiger partial charge is 0.404 e. The number of anilines is 3. The lowest BCUT2D eigenvalue weighted by Crippen LogP contribution is -2.31. The molecule has 3 amide bonds. The van der Waals surface area contributed by atoms with E-state index in [1.807, 2.05) is 19.1 Å². The van der Waals surface area contributed by atoms with Crippen molar-refractivity contribution in [2.45, 2.75) is 32.7 Å². The number of urea groups is 1. The number of carbonyl (C=O) groups is 2. The minimum absolute atomic E-state index is 0.160. The number of hydrogen-bond donors (Lipinski definition) is 4. The van der Waals surface area contributed by atoms with E-state index in [0.717, 1.165) is 47.7 Å². The molecule has 1 aromatic heterocycles. The molecule has 9 heteroatoms. The van der Waals surface area contributed by atoms with Gasteiger partial charge in [0.05, 0.1) is 17.9 Å². The lowest BCUT2D eigenvalue weighted by Gasteiger charge is -2.30. The van der Waals surface area contributed by atoms with Gasteiger partial charge in [-0.05, 0) is 43.9 Å². The first-order chi connectivity index (χ1) is 13.0. The van der Waals surface area contributed by atoms with Crippen LogP contribution in [0.1, 0.15) is 29.7 Å². The molecule has 27 heavy (non-hydrogen) atoms. The number of benzene rings is 1. The van der Waals surface area contributed by atoms with Gasteiger partial charge >= 0.3 is 12.1 Å². The van der Waals surface area contributed by atoms with Crippen LogP contribution in [0.5, 0.6) is 0 Å². The summed E-state index contributed by atoms with van der Waals surface area (Å²) in [5.74, 6) is 0. The van der Waals surface area contributed by atoms with E-state index in [2.05, 4.69) is 31.9 Å². The minimum Gasteiger partial charge on any atom is -0.465 e. The van der Waals surface area contributed by atoms with Crippen LogP contribution < -0.4 is 20.9 Å². The number of nitrogens with zero attached hydrogens (tertiary/aromatic N) is 2. The van der Waals surface area contributed by atoms with Crippen molar-refractivity contribution in [2.75, 3.05) is 28.6 Å². The molecule has 0 atom stereocenters. The first kappa shape index (κ1) is 19.0. The molecule has 3 rings (SSSR count). The SMILES string of the molecule is Cc1ccc(NC(=O)Nc2ncc(CNC(=O)O)s2)c(N2CCCCC2)c1. The quantitative estimate of drug-likeness (QED) is 0.621. The molecule has 1 fully saturated rings. The van der Waals surface area contributed by atoms with Gasteiger partial charge in [0.25, 0.3) is 0 Å². The van der Waals surface area contributed by atoms with Crippen LogP contribution in [0.15, 0.2) is 24.4 Å². The Balaban J connectivity index is 1.64. The van der Waals surface area contributed by atoms with Crippen molar-refractivity contribution >= 4 is 40.0 Å². The summed E-state index contributed by atoms with van der Waals surface area (Å²) in [7, 11) is 0. The molecule has 0 radical (unpaired) electrons. The number of aromatic nitrogens is 1. The highest BCUT2D eigenvalue weighted by Gasteiger charge is 2.16. The lowest BCUT2D eigenvalue weighted by molar-refractivity contribution is 0.194. The molecule has 1 aliphatic rings. The Labute approximate surface area is 161 Å². The van der Waals surface area contributed by atoms with Gasteiger partial charge in [0.2, 0.25) is 0 Å². The third-order valence-corrected chi connectivity index (χ3v) is 5.20. The Morgan fingerprint density at radius 2 is 2.00 bits per heavy atom. The Morgan fingerprint density at radius 1 is 1.22 bits per heavy atom. The Kier molecular flexibility index (Phi) is 6.12. The third-order valence-electron chi connectivity index (χ3n) is 4.29. The van der Waals surface area contributed by atoms with Gasteiger partial charge in [0.15, 0.2) is 5.13 Å². The maximum atomic E-state index is 12.4. The number of hydrogen-bond acceptors (Lipinski definition) is 5. The van der Waals surface area contributed by atoms with Crippen LogP contribution in [0, 0.1) is 6.92 Å². The molecular formula is C18H23N5O3S. The van der Waals surface area contributed by atoms with Crippen LogP contribution in [0.2, 0.25) is 0 Å². The number of amides is 3. The van der Waals surface area contributed by atoms with Gasteiger partial charge in [-0.3, -0.25) is 5.32 Å². The summed E-state index contributed by atoms with van der Waals surface area (Å²) in [4.78, 5) is 30.1. The predicted octanol–water partition coefficient (Wildman–Crippen LogP) is 3.85. The van der Waals surface area contributed by atoms with E-state index in [-0.39, 0.29) is 12.6 Å². The van der Waals surface area contributed by atoms with E-state index in [0.29, 0.717) is 5.13 Å². The summed E-state index contributed by atoms with van der Waals surface area (Å²) >= 11 is 1.23. The van der Waals surface area contributed by atoms with Crippen LogP contribution in [-0.4, -0.2) is 35.3 Å². The van der Waals surface area contributed by atoms with E-state index in [4.69, 9.17) is 5.11 Å². The molecule has 2 aromatic rings. The van der Waals surface area contributed by atoms with Crippen molar-refractivity contribution in [1.82, 2.24) is 10.3 Å². The van der Waals surface area contributed by atoms with E-state index in [1.165, 1.54) is 17.8 Å². The fourth-order valence-electron chi connectivity index (χ4n) is 3.00. The monoisotopic (exact) mass is 389 g/mol. The Hall–Kier alpha value is -2.81. The van der Waals surface area contributed by atoms with Crippen LogP contribution in [0.3, 0.4) is 0 Å². The van der Waals surface area contributed by atoms with Crippen LogP contribution in [0.4, 0.5) is 26.1 Å². The highest BCUT2D eigenvalue weighted by Crippen LogP contribution is 2.30. The average Bonchev–Trinajstić information content (AvgIpc) is 3.09. The van der Waals surface area contributed by atoms with Crippen LogP contribution in [-0.2, 0) is 6.54 Å². The second-order valence-corrected chi connectivity index (χ2v) is 7.55. The topological polar surface area (TPSA) is 107 Å². The maximum Gasteiger partial charge on any atom is 0.404 e. The number of rotatable bonds is 5. The van der Waals surface area contributed by atoms with Crippen molar-refractivity contribution in [3.05, 3.63) is 34.8 Å². The zero-order valence-electron chi connectivity index (χ0n) is 15.1. The first-order valence-electron chi connectivity index (χ1n) is 8.86. The van der Waals surface area contributed by atoms with Crippen molar-refractivity contribution < 1.29 is 14.7 Å². The highest BCUT2D eigenvalue weighted by molar-refractivity contribution is 7.15. The number of carboxylic acid groups (broad SMARTS) is 1. The second kappa shape index (κ2) is 8.72. The summed E-state index contributed by atoms with van der Waals surface area (Å²) in [6.45, 7) is 4.19. The van der Waals surface area contributed by atoms with Crippen molar-refractivity contribution in [3.63, 3.8) is 0 Å². The number of thiazole rings is 1. The van der Waals surface area contributed by atoms with Crippen molar-refractivity contribution in [1.29, 1.82) is 0 Å². The number of carbonyl (C=O) groups excluding carboxylic acids is 1. The highest BCUT2D eigenvalue weighted by atomic mass is 32.1. The molecule has 1 aromatic carbocycles. The van der Waals surface area contributed by atoms with Gasteiger partial charge in [-0.2, -0.15) is 0 Å². The lowest BCUT2D eigenvalue weighted by atomic mass is 10.1. The van der Waals surface area contributed by atoms with Crippen LogP contribution in [0.25, 0.3) is 0 Å². The summed E-state index contributed by atoms with van der Waals surface area (Å²) in [6, 6.07) is 5.62. The Morgan fingerprint density at radius 3 is 2.74 bits per heavy atom. The maximum absolute atomic E-state index is 12.4. The molecule has 4 N–H and O–H groups in total. The van der Waals surface area contributed by atoms with Crippen molar-refractivity contribution in [3.8, 4) is 0 Å². The number of nitrogens with one attached hydrogen (secondary N) is 3. The fraction of sp³-hybridized carbons (Fsp3) is 0.389. The van der Waals surface area contributed by atoms with Gasteiger partial charge in [-0.1, -0.05) is 17.4 Å². The molecule has 0 aliphatic carbocycles. The molecule has 2 heterocycles. The van der Waals surface area contributed by atoms with E-state index >= 15 is 0 Å². The summed E-state index contributed by atoms with van der Waals surface area (Å²) < 4.78 is 0. The number of aryl methyl sites for hydroxylation is 1. The van der Waals surface area contributed by atoms with Gasteiger partial charge in [-0.25, -0.2) is 14.6 Å². The Bertz CT molecular complexity index is 817. The molecule has 0 saturated carbocycles. The first-order valence-corrected chi connectivity index (χ1v) is 9.68. The summed E-state index contributed by atoms with van der Waals surface area (Å²) in [5, 5.41) is 16.9. The van der Waals surface area contributed by atoms with E-state index in [1.54, 1.807) is 6.20 Å². The molecule has 1 aliphatic heterocycles. The fourth-order valence-corrected chi connectivity index (χ4v) is 3.75. The zero-order valence-corrected chi connectivity index (χ0v) is 15.9. The summed E-state index contributed by atoms with van der Waals surface area (Å²) in [5.41, 5.74) is 2.96. The normalized spacial score (nSPS) is 13.9. The van der Waals surface area contributed by atoms with Gasteiger partial charge in [0, 0.05) is 24.2 Å². The average molecular weight is 389 g/mol. The van der Waals surface area contributed by atoms with Gasteiger partial charge < -0.3 is 20.6 Å². The molecule has 144 valence electrons. The van der Waals surface area contributed by atoms with Gasteiger partial charge in [0.1, 0.15) is 0 Å². The largest absolute Gasteiger partial charge is 0.465 e. The standard InChI is InChI=1S/C18H23N5O3S/c1-12-5-6-14(15(9-12)23-7-3-2-4-8-23)21-16(24)22-17-19-10-13(27-17)11-20-18(25)26/h5-6,9-10,20H,2-4,7-8,11H2,1H3,(H,25,26)(H2,19,21,22,24). The summed E-state index contributed by atoms with van der Waals surface area (Å²) in [6.07, 6.45) is 4.01. The molecular weight excluding hydrogens is 366 g/mol. The van der Waals surface area contributed by atoms with Crippen molar-refractivity contribution in [2.24, 2.45) is 0 Å². The number of piperidine rings is 1. The predicted molar refractivity (Wildman–Crippen MR) is 107 cm³/mol. The molecule has 0 spiro atoms. The van der Waals surface area contributed by atoms with E-state index in [9.17, 15) is 9.59 Å². The molecule has 8 nitrogen and oxygen atoms in total. The van der Waals surface area contributed by atoms with E-state index < -0.39 is 6.09 Å². The van der Waals surface area contributed by atoms with Crippen LogP contribution >= 0.6 is 11.3 Å². The molecule has 1 saturated heterocycles. The molecule has 0 bridgehead atoms. The second-order valence-electron chi connectivity index (χ2n) is 6.44. The zero-order chi connectivity index (χ0) is 19.2. The third kappa shape index (κ3) is 5.33. The van der Waals surface area contributed by atoms with Gasteiger partial charge in [-0.15, -0.1) is 0 Å².